The van der Waals surface area contributed by atoms with Gasteiger partial charge in [0.05, 0.1) is 25.4 Å². The molecule has 0 bridgehead atoms. The molecule has 0 saturated carbocycles. The SMILES string of the molecule is CCCCCC(C)c1ccc(N2C(=O)CCC2COCc2ccc(C(=O)OC(C)C)s2)cc1. The average molecular weight is 472 g/mol. The van der Waals surface area contributed by atoms with E-state index in [-0.39, 0.29) is 24.0 Å². The highest BCUT2D eigenvalue weighted by Gasteiger charge is 2.32. The van der Waals surface area contributed by atoms with Crippen molar-refractivity contribution in [1.29, 1.82) is 0 Å². The van der Waals surface area contributed by atoms with Crippen LogP contribution in [0.15, 0.2) is 36.4 Å². The second-order valence-corrected chi connectivity index (χ2v) is 10.3. The lowest BCUT2D eigenvalue weighted by Crippen LogP contribution is -2.36. The van der Waals surface area contributed by atoms with Gasteiger partial charge in [-0.3, -0.25) is 4.79 Å². The van der Waals surface area contributed by atoms with Crippen LogP contribution >= 0.6 is 11.3 Å². The summed E-state index contributed by atoms with van der Waals surface area (Å²) in [5.74, 6) is 0.395. The number of ether oxygens (including phenoxy) is 2. The summed E-state index contributed by atoms with van der Waals surface area (Å²) in [6, 6.07) is 12.2. The van der Waals surface area contributed by atoms with Gasteiger partial charge >= 0.3 is 5.97 Å². The van der Waals surface area contributed by atoms with Crippen molar-refractivity contribution in [2.75, 3.05) is 11.5 Å². The highest BCUT2D eigenvalue weighted by atomic mass is 32.1. The Morgan fingerprint density at radius 1 is 1.12 bits per heavy atom. The first kappa shape index (κ1) is 25.4. The van der Waals surface area contributed by atoms with Gasteiger partial charge in [0.2, 0.25) is 5.91 Å². The highest BCUT2D eigenvalue weighted by Crippen LogP contribution is 2.30. The standard InChI is InChI=1S/C27H37NO4S/c1-5-6-7-8-20(4)21-9-11-22(12-10-21)28-23(13-16-26(28)29)17-31-18-24-14-15-25(33-24)27(30)32-19(2)3/h9-12,14-15,19-20,23H,5-8,13,16-18H2,1-4H3. The molecular weight excluding hydrogens is 434 g/mol. The summed E-state index contributed by atoms with van der Waals surface area (Å²) in [5, 5.41) is 0. The zero-order chi connectivity index (χ0) is 23.8. The number of hydrogen-bond acceptors (Lipinski definition) is 5. The van der Waals surface area contributed by atoms with Crippen molar-refractivity contribution in [2.45, 2.75) is 90.9 Å². The van der Waals surface area contributed by atoms with E-state index < -0.39 is 0 Å². The molecule has 0 radical (unpaired) electrons. The molecule has 1 saturated heterocycles. The number of carbonyl (C=O) groups excluding carboxylic acids is 2. The molecule has 1 aliphatic heterocycles. The van der Waals surface area contributed by atoms with Crippen LogP contribution in [-0.4, -0.2) is 30.6 Å². The number of benzene rings is 1. The maximum Gasteiger partial charge on any atom is 0.348 e. The molecule has 1 aliphatic rings. The summed E-state index contributed by atoms with van der Waals surface area (Å²) in [7, 11) is 0. The van der Waals surface area contributed by atoms with E-state index in [9.17, 15) is 9.59 Å². The average Bonchev–Trinajstić information content (AvgIpc) is 3.40. The van der Waals surface area contributed by atoms with Crippen LogP contribution in [0.1, 0.15) is 92.3 Å². The fraction of sp³-hybridized carbons (Fsp3) is 0.556. The molecule has 0 aliphatic carbocycles. The molecule has 180 valence electrons. The van der Waals surface area contributed by atoms with Gasteiger partial charge in [0.15, 0.2) is 0 Å². The number of carbonyl (C=O) groups is 2. The number of amides is 1. The van der Waals surface area contributed by atoms with Crippen LogP contribution in [0.25, 0.3) is 0 Å². The largest absolute Gasteiger partial charge is 0.459 e. The highest BCUT2D eigenvalue weighted by molar-refractivity contribution is 7.13. The summed E-state index contributed by atoms with van der Waals surface area (Å²) >= 11 is 1.39. The van der Waals surface area contributed by atoms with E-state index in [1.54, 1.807) is 6.07 Å². The van der Waals surface area contributed by atoms with Gasteiger partial charge in [0.25, 0.3) is 0 Å². The molecule has 1 fully saturated rings. The number of anilines is 1. The zero-order valence-electron chi connectivity index (χ0n) is 20.3. The van der Waals surface area contributed by atoms with Crippen LogP contribution in [0, 0.1) is 0 Å². The van der Waals surface area contributed by atoms with Crippen molar-refractivity contribution in [3.63, 3.8) is 0 Å². The molecule has 2 aromatic rings. The predicted molar refractivity (Wildman–Crippen MR) is 134 cm³/mol. The normalized spacial score (nSPS) is 17.1. The van der Waals surface area contributed by atoms with E-state index in [1.165, 1.54) is 42.6 Å². The maximum absolute atomic E-state index is 12.6. The van der Waals surface area contributed by atoms with Crippen LogP contribution in [0.2, 0.25) is 0 Å². The Morgan fingerprint density at radius 2 is 1.88 bits per heavy atom. The quantitative estimate of drug-likeness (QED) is 0.255. The molecule has 33 heavy (non-hydrogen) atoms. The third-order valence-electron chi connectivity index (χ3n) is 6.07. The molecule has 6 heteroatoms. The number of esters is 1. The molecule has 2 unspecified atom stereocenters. The van der Waals surface area contributed by atoms with E-state index in [0.717, 1.165) is 17.0 Å². The Hall–Kier alpha value is -2.18. The number of thiophene rings is 1. The third-order valence-corrected chi connectivity index (χ3v) is 7.11. The summed E-state index contributed by atoms with van der Waals surface area (Å²) in [6.45, 7) is 9.09. The number of nitrogens with zero attached hydrogens (tertiary/aromatic N) is 1. The lowest BCUT2D eigenvalue weighted by Gasteiger charge is -2.25. The number of hydrogen-bond donors (Lipinski definition) is 0. The van der Waals surface area contributed by atoms with Gasteiger partial charge in [-0.2, -0.15) is 0 Å². The number of rotatable bonds is 12. The second kappa shape index (κ2) is 12.3. The molecule has 1 aromatic heterocycles. The number of unbranched alkanes of at least 4 members (excludes halogenated alkanes) is 2. The van der Waals surface area contributed by atoms with Gasteiger partial charge in [-0.05, 0) is 62.4 Å². The molecule has 5 nitrogen and oxygen atoms in total. The van der Waals surface area contributed by atoms with Crippen molar-refractivity contribution < 1.29 is 19.1 Å². The molecule has 0 spiro atoms. The molecule has 1 amide bonds. The minimum absolute atomic E-state index is 0.0377. The van der Waals surface area contributed by atoms with Gasteiger partial charge in [0, 0.05) is 17.0 Å². The molecule has 2 atom stereocenters. The second-order valence-electron chi connectivity index (χ2n) is 9.18. The van der Waals surface area contributed by atoms with E-state index in [0.29, 0.717) is 30.4 Å². The smallest absolute Gasteiger partial charge is 0.348 e. The molecule has 1 aromatic carbocycles. The summed E-state index contributed by atoms with van der Waals surface area (Å²) in [6.07, 6.45) is 6.19. The van der Waals surface area contributed by atoms with Crippen LogP contribution in [0.4, 0.5) is 5.69 Å². The Kier molecular flexibility index (Phi) is 9.51. The van der Waals surface area contributed by atoms with Gasteiger partial charge in [0.1, 0.15) is 4.88 Å². The lowest BCUT2D eigenvalue weighted by atomic mass is 9.95. The first-order valence-corrected chi connectivity index (χ1v) is 13.0. The summed E-state index contributed by atoms with van der Waals surface area (Å²) in [4.78, 5) is 28.1. The molecule has 2 heterocycles. The Labute approximate surface area is 202 Å². The summed E-state index contributed by atoms with van der Waals surface area (Å²) in [5.41, 5.74) is 2.28. The van der Waals surface area contributed by atoms with Gasteiger partial charge in [-0.25, -0.2) is 4.79 Å². The van der Waals surface area contributed by atoms with Crippen LogP contribution in [0.5, 0.6) is 0 Å². The van der Waals surface area contributed by atoms with E-state index >= 15 is 0 Å². The Balaban J connectivity index is 1.54. The monoisotopic (exact) mass is 471 g/mol. The topological polar surface area (TPSA) is 55.8 Å². The van der Waals surface area contributed by atoms with Crippen molar-refractivity contribution in [1.82, 2.24) is 0 Å². The van der Waals surface area contributed by atoms with Crippen molar-refractivity contribution in [2.24, 2.45) is 0 Å². The first-order valence-electron chi connectivity index (χ1n) is 12.2. The van der Waals surface area contributed by atoms with Gasteiger partial charge in [-0.1, -0.05) is 45.2 Å². The Morgan fingerprint density at radius 3 is 2.58 bits per heavy atom. The summed E-state index contributed by atoms with van der Waals surface area (Å²) < 4.78 is 11.2. The zero-order valence-corrected chi connectivity index (χ0v) is 21.2. The van der Waals surface area contributed by atoms with Gasteiger partial charge < -0.3 is 14.4 Å². The molecule has 0 N–H and O–H groups in total. The first-order chi connectivity index (χ1) is 15.9. The van der Waals surface area contributed by atoms with E-state index in [1.807, 2.05) is 24.8 Å². The maximum atomic E-state index is 12.6. The minimum Gasteiger partial charge on any atom is -0.459 e. The van der Waals surface area contributed by atoms with Crippen molar-refractivity contribution >= 4 is 28.9 Å². The molecule has 3 rings (SSSR count). The van der Waals surface area contributed by atoms with E-state index in [2.05, 4.69) is 38.1 Å². The fourth-order valence-corrected chi connectivity index (χ4v) is 5.05. The lowest BCUT2D eigenvalue weighted by molar-refractivity contribution is -0.117. The van der Waals surface area contributed by atoms with E-state index in [4.69, 9.17) is 9.47 Å². The predicted octanol–water partition coefficient (Wildman–Crippen LogP) is 6.71. The van der Waals surface area contributed by atoms with Crippen LogP contribution < -0.4 is 4.90 Å². The molecular formula is C27H37NO4S. The van der Waals surface area contributed by atoms with Crippen LogP contribution in [-0.2, 0) is 20.9 Å². The Bertz CT molecular complexity index is 905. The van der Waals surface area contributed by atoms with Crippen LogP contribution in [0.3, 0.4) is 0 Å². The van der Waals surface area contributed by atoms with Crippen molar-refractivity contribution in [3.05, 3.63) is 51.7 Å². The fourth-order valence-electron chi connectivity index (χ4n) is 4.22. The third kappa shape index (κ3) is 7.15. The van der Waals surface area contributed by atoms with Crippen molar-refractivity contribution in [3.8, 4) is 0 Å². The van der Waals surface area contributed by atoms with Gasteiger partial charge in [-0.15, -0.1) is 11.3 Å². The minimum atomic E-state index is -0.294.